The van der Waals surface area contributed by atoms with Gasteiger partial charge in [0, 0.05) is 12.0 Å². The number of ether oxygens (including phenoxy) is 1. The van der Waals surface area contributed by atoms with Crippen molar-refractivity contribution in [2.45, 2.75) is 13.3 Å². The predicted octanol–water partition coefficient (Wildman–Crippen LogP) is 1.11. The molecule has 3 rings (SSSR count). The van der Waals surface area contributed by atoms with Crippen molar-refractivity contribution in [2.75, 3.05) is 13.2 Å². The van der Waals surface area contributed by atoms with E-state index in [0.717, 1.165) is 10.8 Å². The zero-order valence-corrected chi connectivity index (χ0v) is 12.8. The minimum Gasteiger partial charge on any atom is -0.494 e. The van der Waals surface area contributed by atoms with E-state index in [4.69, 9.17) is 10.5 Å². The highest BCUT2D eigenvalue weighted by Gasteiger charge is 2.13. The second-order valence-electron chi connectivity index (χ2n) is 4.54. The average molecular weight is 317 g/mol. The van der Waals surface area contributed by atoms with Gasteiger partial charge in [-0.3, -0.25) is 4.79 Å². The Balaban J connectivity index is 2.03. The van der Waals surface area contributed by atoms with Crippen LogP contribution in [0.2, 0.25) is 0 Å². The Bertz CT molecular complexity index is 841. The highest BCUT2D eigenvalue weighted by molar-refractivity contribution is 7.16. The lowest BCUT2D eigenvalue weighted by atomic mass is 10.1. The molecule has 0 amide bonds. The molecule has 8 heteroatoms. The monoisotopic (exact) mass is 317 g/mol. The number of fused-ring (bicyclic) bond motifs is 1. The van der Waals surface area contributed by atoms with E-state index < -0.39 is 0 Å². The van der Waals surface area contributed by atoms with Crippen LogP contribution in [0.25, 0.3) is 16.2 Å². The lowest BCUT2D eigenvalue weighted by molar-refractivity contribution is 0.340. The summed E-state index contributed by atoms with van der Waals surface area (Å²) < 4.78 is 6.67. The van der Waals surface area contributed by atoms with Crippen molar-refractivity contribution in [2.24, 2.45) is 5.73 Å². The van der Waals surface area contributed by atoms with E-state index in [0.29, 0.717) is 30.1 Å². The van der Waals surface area contributed by atoms with Crippen LogP contribution in [-0.4, -0.2) is 33.0 Å². The van der Waals surface area contributed by atoms with Crippen LogP contribution in [0.4, 0.5) is 0 Å². The molecule has 0 aliphatic heterocycles. The SMILES string of the molecule is CCOc1ccc(-c2nnc3sc(CCN)nn3c2=O)cc1. The minimum absolute atomic E-state index is 0.269. The van der Waals surface area contributed by atoms with Crippen LogP contribution in [0, 0.1) is 0 Å². The molecule has 0 saturated heterocycles. The Hall–Kier alpha value is -2.32. The Labute approximate surface area is 130 Å². The van der Waals surface area contributed by atoms with Crippen molar-refractivity contribution in [3.05, 3.63) is 39.6 Å². The first kappa shape index (κ1) is 14.6. The third-order valence-electron chi connectivity index (χ3n) is 3.03. The van der Waals surface area contributed by atoms with E-state index in [1.807, 2.05) is 6.92 Å². The second-order valence-corrected chi connectivity index (χ2v) is 5.58. The maximum Gasteiger partial charge on any atom is 0.302 e. The summed E-state index contributed by atoms with van der Waals surface area (Å²) in [5.74, 6) is 0.749. The molecule has 0 saturated carbocycles. The molecule has 3 aromatic rings. The largest absolute Gasteiger partial charge is 0.494 e. The van der Waals surface area contributed by atoms with E-state index in [1.165, 1.54) is 15.9 Å². The van der Waals surface area contributed by atoms with Gasteiger partial charge >= 0.3 is 5.56 Å². The third-order valence-corrected chi connectivity index (χ3v) is 3.99. The molecule has 2 aromatic heterocycles. The maximum atomic E-state index is 12.5. The summed E-state index contributed by atoms with van der Waals surface area (Å²) in [4.78, 5) is 13.0. The predicted molar refractivity (Wildman–Crippen MR) is 84.3 cm³/mol. The summed E-state index contributed by atoms with van der Waals surface area (Å²) in [6, 6.07) is 7.18. The molecule has 2 N–H and O–H groups in total. The lowest BCUT2D eigenvalue weighted by Gasteiger charge is -2.03. The van der Waals surface area contributed by atoms with Gasteiger partial charge in [0.15, 0.2) is 5.69 Å². The van der Waals surface area contributed by atoms with Crippen LogP contribution in [0.15, 0.2) is 29.1 Å². The fraction of sp³-hybridized carbons (Fsp3) is 0.286. The average Bonchev–Trinajstić information content (AvgIpc) is 2.93. The van der Waals surface area contributed by atoms with Gasteiger partial charge in [0.1, 0.15) is 10.8 Å². The molecule has 2 heterocycles. The lowest BCUT2D eigenvalue weighted by Crippen LogP contribution is -2.19. The standard InChI is InChI=1S/C14H15N5O2S/c1-2-21-10-5-3-9(4-6-10)12-13(20)19-14(17-16-12)22-11(18-19)7-8-15/h3-6H,2,7-8,15H2,1H3. The van der Waals surface area contributed by atoms with Crippen molar-refractivity contribution in [1.82, 2.24) is 19.8 Å². The number of nitrogens with zero attached hydrogens (tertiary/aromatic N) is 4. The molecule has 0 bridgehead atoms. The smallest absolute Gasteiger partial charge is 0.302 e. The van der Waals surface area contributed by atoms with E-state index >= 15 is 0 Å². The first-order valence-electron chi connectivity index (χ1n) is 6.91. The molecule has 22 heavy (non-hydrogen) atoms. The first-order valence-corrected chi connectivity index (χ1v) is 7.73. The Morgan fingerprint density at radius 3 is 2.73 bits per heavy atom. The zero-order valence-electron chi connectivity index (χ0n) is 12.0. The number of hydrogen-bond donors (Lipinski definition) is 1. The van der Waals surface area contributed by atoms with Crippen molar-refractivity contribution in [3.8, 4) is 17.0 Å². The fourth-order valence-corrected chi connectivity index (χ4v) is 2.88. The van der Waals surface area contributed by atoms with E-state index in [9.17, 15) is 4.79 Å². The maximum absolute atomic E-state index is 12.5. The van der Waals surface area contributed by atoms with Crippen LogP contribution in [0.5, 0.6) is 5.75 Å². The molecule has 114 valence electrons. The molecule has 0 unspecified atom stereocenters. The molecule has 0 aliphatic carbocycles. The molecular formula is C14H15N5O2S. The molecule has 1 aromatic carbocycles. The fourth-order valence-electron chi connectivity index (χ4n) is 2.04. The number of nitrogens with two attached hydrogens (primary N) is 1. The van der Waals surface area contributed by atoms with Crippen molar-refractivity contribution < 1.29 is 4.74 Å². The summed E-state index contributed by atoms with van der Waals surface area (Å²) in [5, 5.41) is 13.1. The molecule has 0 radical (unpaired) electrons. The molecule has 0 aliphatic rings. The zero-order chi connectivity index (χ0) is 15.5. The van der Waals surface area contributed by atoms with Gasteiger partial charge in [-0.1, -0.05) is 11.3 Å². The highest BCUT2D eigenvalue weighted by Crippen LogP contribution is 2.19. The van der Waals surface area contributed by atoms with Crippen LogP contribution < -0.4 is 16.0 Å². The summed E-state index contributed by atoms with van der Waals surface area (Å²) in [7, 11) is 0. The van der Waals surface area contributed by atoms with Gasteiger partial charge in [-0.25, -0.2) is 0 Å². The quantitative estimate of drug-likeness (QED) is 0.757. The second kappa shape index (κ2) is 6.20. The number of hydrogen-bond acceptors (Lipinski definition) is 7. The van der Waals surface area contributed by atoms with Crippen LogP contribution in [-0.2, 0) is 6.42 Å². The Morgan fingerprint density at radius 2 is 2.05 bits per heavy atom. The van der Waals surface area contributed by atoms with Crippen molar-refractivity contribution in [1.29, 1.82) is 0 Å². The van der Waals surface area contributed by atoms with E-state index in [2.05, 4.69) is 15.3 Å². The summed E-state index contributed by atoms with van der Waals surface area (Å²) in [5.41, 5.74) is 6.18. The molecule has 7 nitrogen and oxygen atoms in total. The minimum atomic E-state index is -0.284. The van der Waals surface area contributed by atoms with Gasteiger partial charge in [-0.05, 0) is 37.7 Å². The molecule has 0 spiro atoms. The molecule has 0 fully saturated rings. The van der Waals surface area contributed by atoms with Crippen LogP contribution >= 0.6 is 11.3 Å². The number of rotatable bonds is 5. The normalized spacial score (nSPS) is 11.0. The van der Waals surface area contributed by atoms with Gasteiger partial charge in [-0.2, -0.15) is 9.61 Å². The summed E-state index contributed by atoms with van der Waals surface area (Å²) in [6.45, 7) is 2.99. The summed E-state index contributed by atoms with van der Waals surface area (Å²) in [6.07, 6.45) is 0.617. The molecule has 0 atom stereocenters. The van der Waals surface area contributed by atoms with Crippen LogP contribution in [0.3, 0.4) is 0 Å². The topological polar surface area (TPSA) is 95.4 Å². The third kappa shape index (κ3) is 2.70. The van der Waals surface area contributed by atoms with Gasteiger partial charge in [-0.15, -0.1) is 10.2 Å². The highest BCUT2D eigenvalue weighted by atomic mass is 32.1. The van der Waals surface area contributed by atoms with Crippen LogP contribution in [0.1, 0.15) is 11.9 Å². The van der Waals surface area contributed by atoms with Gasteiger partial charge < -0.3 is 10.5 Å². The van der Waals surface area contributed by atoms with Gasteiger partial charge in [0.2, 0.25) is 4.96 Å². The van der Waals surface area contributed by atoms with E-state index in [-0.39, 0.29) is 11.3 Å². The van der Waals surface area contributed by atoms with Gasteiger partial charge in [0.05, 0.1) is 6.61 Å². The first-order chi connectivity index (χ1) is 10.7. The Morgan fingerprint density at radius 1 is 1.27 bits per heavy atom. The van der Waals surface area contributed by atoms with Crippen molar-refractivity contribution in [3.63, 3.8) is 0 Å². The summed E-state index contributed by atoms with van der Waals surface area (Å²) >= 11 is 1.33. The number of aromatic nitrogens is 4. The van der Waals surface area contributed by atoms with Crippen molar-refractivity contribution >= 4 is 16.3 Å². The Kier molecular flexibility index (Phi) is 4.12. The van der Waals surface area contributed by atoms with Gasteiger partial charge in [0.25, 0.3) is 0 Å². The molecular weight excluding hydrogens is 302 g/mol. The van der Waals surface area contributed by atoms with E-state index in [1.54, 1.807) is 24.3 Å². The number of benzene rings is 1.